The number of benzene rings is 1. The van der Waals surface area contributed by atoms with Gasteiger partial charge in [-0.15, -0.1) is 0 Å². The number of carbonyl (C=O) groups is 4. The highest BCUT2D eigenvalue weighted by atomic mass is 32.2. The zero-order valence-corrected chi connectivity index (χ0v) is 20.4. The largest absolute Gasteiger partial charge is 0.368 e. The van der Waals surface area contributed by atoms with Crippen molar-refractivity contribution in [3.05, 3.63) is 36.0 Å². The lowest BCUT2D eigenvalue weighted by molar-refractivity contribution is -0.138. The van der Waals surface area contributed by atoms with Crippen LogP contribution in [0.3, 0.4) is 0 Å². The van der Waals surface area contributed by atoms with Crippen molar-refractivity contribution in [1.82, 2.24) is 25.8 Å². The number of carbonyl (C=O) groups excluding carboxylic acids is 4. The zero-order valence-electron chi connectivity index (χ0n) is 19.6. The number of nitrogens with zero attached hydrogens (tertiary/aromatic N) is 1. The number of H-pyrrole nitrogens is 1. The molecular weight excluding hydrogens is 456 g/mol. The van der Waals surface area contributed by atoms with Crippen LogP contribution in [0.4, 0.5) is 4.79 Å². The van der Waals surface area contributed by atoms with E-state index in [-0.39, 0.29) is 24.1 Å². The Morgan fingerprint density at radius 1 is 1.21 bits per heavy atom. The Kier molecular flexibility index (Phi) is 8.43. The number of likely N-dealkylation sites (tertiary alicyclic amines) is 1. The normalized spacial score (nSPS) is 18.6. The number of hydrogen-bond acceptors (Lipinski definition) is 5. The fourth-order valence-corrected chi connectivity index (χ4v) is 4.64. The summed E-state index contributed by atoms with van der Waals surface area (Å²) in [6, 6.07) is 4.63. The van der Waals surface area contributed by atoms with E-state index in [0.717, 1.165) is 16.5 Å². The van der Waals surface area contributed by atoms with Crippen molar-refractivity contribution < 1.29 is 19.2 Å². The van der Waals surface area contributed by atoms with Gasteiger partial charge in [-0.2, -0.15) is 11.8 Å². The third kappa shape index (κ3) is 6.02. The lowest BCUT2D eigenvalue weighted by atomic mass is 10.0. The van der Waals surface area contributed by atoms with Gasteiger partial charge in [0, 0.05) is 36.1 Å². The molecule has 1 aromatic heterocycles. The summed E-state index contributed by atoms with van der Waals surface area (Å²) in [5.41, 5.74) is 7.38. The summed E-state index contributed by atoms with van der Waals surface area (Å²) in [6.45, 7) is 3.98. The lowest BCUT2D eigenvalue weighted by Gasteiger charge is -2.29. The molecule has 3 atom stereocenters. The second-order valence-electron chi connectivity index (χ2n) is 8.66. The van der Waals surface area contributed by atoms with Gasteiger partial charge in [0.25, 0.3) is 0 Å². The predicted molar refractivity (Wildman–Crippen MR) is 132 cm³/mol. The molecule has 1 aliphatic rings. The molecule has 1 aromatic carbocycles. The van der Waals surface area contributed by atoms with E-state index in [1.165, 1.54) is 16.7 Å². The highest BCUT2D eigenvalue weighted by Crippen LogP contribution is 2.22. The average Bonchev–Trinajstić information content (AvgIpc) is 3.37. The van der Waals surface area contributed by atoms with Gasteiger partial charge in [-0.1, -0.05) is 18.2 Å². The van der Waals surface area contributed by atoms with E-state index in [4.69, 9.17) is 5.73 Å². The Bertz CT molecular complexity index is 1060. The van der Waals surface area contributed by atoms with Crippen LogP contribution in [0.5, 0.6) is 0 Å². The highest BCUT2D eigenvalue weighted by molar-refractivity contribution is 7.99. The van der Waals surface area contributed by atoms with Gasteiger partial charge in [0.15, 0.2) is 0 Å². The van der Waals surface area contributed by atoms with Crippen molar-refractivity contribution in [3.8, 4) is 0 Å². The Balaban J connectivity index is 1.79. The first kappa shape index (κ1) is 25.4. The van der Waals surface area contributed by atoms with Gasteiger partial charge in [0.1, 0.15) is 12.1 Å². The van der Waals surface area contributed by atoms with Crippen LogP contribution < -0.4 is 21.7 Å². The van der Waals surface area contributed by atoms with E-state index in [9.17, 15) is 19.2 Å². The minimum atomic E-state index is -0.977. The average molecular weight is 489 g/mol. The fourth-order valence-electron chi connectivity index (χ4n) is 4.23. The smallest absolute Gasteiger partial charge is 0.315 e. The van der Waals surface area contributed by atoms with E-state index in [1.54, 1.807) is 12.5 Å². The van der Waals surface area contributed by atoms with E-state index >= 15 is 0 Å². The van der Waals surface area contributed by atoms with Crippen LogP contribution in [0.25, 0.3) is 10.9 Å². The Morgan fingerprint density at radius 3 is 2.62 bits per heavy atom. The first-order valence-electron chi connectivity index (χ1n) is 11.2. The molecule has 1 aliphatic heterocycles. The number of hydrogen-bond donors (Lipinski definition) is 5. The standard InChI is InChI=1S/C23H32N6O4S/c1-13(2)26-23(33)28-17-8-9-29(19(30)12-34-3)20(17)22(32)27-18(21(24)31)10-14-11-25-16-7-5-4-6-15(14)16/h4-7,11,13,17-18,20,25H,8-10,12H2,1-3H3,(H2,24,31)(H,27,32)(H2,26,28,33). The number of nitrogens with two attached hydrogens (primary N) is 1. The van der Waals surface area contributed by atoms with Crippen molar-refractivity contribution in [1.29, 1.82) is 0 Å². The maximum atomic E-state index is 13.4. The maximum absolute atomic E-state index is 13.4. The summed E-state index contributed by atoms with van der Waals surface area (Å²) in [5.74, 6) is -1.19. The van der Waals surface area contributed by atoms with E-state index < -0.39 is 36.0 Å². The lowest BCUT2D eigenvalue weighted by Crippen LogP contribution is -2.59. The van der Waals surface area contributed by atoms with Crippen LogP contribution in [0.1, 0.15) is 25.8 Å². The van der Waals surface area contributed by atoms with Crippen molar-refractivity contribution >= 4 is 46.4 Å². The summed E-state index contributed by atoms with van der Waals surface area (Å²) in [7, 11) is 0. The molecule has 11 heteroatoms. The van der Waals surface area contributed by atoms with Crippen LogP contribution in [-0.4, -0.2) is 76.4 Å². The van der Waals surface area contributed by atoms with Crippen LogP contribution in [0, 0.1) is 0 Å². The van der Waals surface area contributed by atoms with Gasteiger partial charge in [0.2, 0.25) is 17.7 Å². The Hall–Kier alpha value is -3.21. The van der Waals surface area contributed by atoms with Gasteiger partial charge in [-0.3, -0.25) is 14.4 Å². The maximum Gasteiger partial charge on any atom is 0.315 e. The van der Waals surface area contributed by atoms with Crippen LogP contribution in [-0.2, 0) is 20.8 Å². The molecule has 2 heterocycles. The number of primary amides is 1. The topological polar surface area (TPSA) is 149 Å². The molecule has 0 radical (unpaired) electrons. The molecular formula is C23H32N6O4S. The minimum Gasteiger partial charge on any atom is -0.368 e. The molecule has 3 unspecified atom stereocenters. The number of urea groups is 1. The molecule has 10 nitrogen and oxygen atoms in total. The van der Waals surface area contributed by atoms with Crippen molar-refractivity contribution in [2.24, 2.45) is 5.73 Å². The summed E-state index contributed by atoms with van der Waals surface area (Å²) >= 11 is 1.36. The molecule has 3 rings (SSSR count). The zero-order chi connectivity index (χ0) is 24.8. The van der Waals surface area contributed by atoms with Crippen LogP contribution >= 0.6 is 11.8 Å². The SMILES string of the molecule is CSCC(=O)N1CCC(NC(=O)NC(C)C)C1C(=O)NC(Cc1c[nH]c2ccccc12)C(N)=O. The molecule has 6 N–H and O–H groups in total. The first-order valence-corrected chi connectivity index (χ1v) is 12.6. The summed E-state index contributed by atoms with van der Waals surface area (Å²) < 4.78 is 0. The fraction of sp³-hybridized carbons (Fsp3) is 0.478. The molecule has 0 saturated carbocycles. The van der Waals surface area contributed by atoms with Gasteiger partial charge in [0.05, 0.1) is 11.8 Å². The Morgan fingerprint density at radius 2 is 1.94 bits per heavy atom. The molecule has 0 spiro atoms. The second kappa shape index (κ2) is 11.3. The van der Waals surface area contributed by atoms with E-state index in [1.807, 2.05) is 38.1 Å². The number of aromatic nitrogens is 1. The number of rotatable bonds is 9. The summed E-state index contributed by atoms with van der Waals surface area (Å²) in [6.07, 6.45) is 4.21. The molecule has 5 amide bonds. The number of aromatic amines is 1. The van der Waals surface area contributed by atoms with Crippen molar-refractivity contribution in [2.75, 3.05) is 18.6 Å². The van der Waals surface area contributed by atoms with Gasteiger partial charge in [-0.25, -0.2) is 4.79 Å². The summed E-state index contributed by atoms with van der Waals surface area (Å²) in [5, 5.41) is 9.21. The van der Waals surface area contributed by atoms with Gasteiger partial charge < -0.3 is 31.6 Å². The van der Waals surface area contributed by atoms with Gasteiger partial charge in [-0.05, 0) is 38.2 Å². The molecule has 34 heavy (non-hydrogen) atoms. The number of amides is 5. The highest BCUT2D eigenvalue weighted by Gasteiger charge is 2.43. The summed E-state index contributed by atoms with van der Waals surface area (Å²) in [4.78, 5) is 55.2. The molecule has 2 aromatic rings. The third-order valence-corrected chi connectivity index (χ3v) is 6.29. The number of fused-ring (bicyclic) bond motifs is 1. The second-order valence-corrected chi connectivity index (χ2v) is 9.53. The number of thioether (sulfide) groups is 1. The molecule has 184 valence electrons. The number of para-hydroxylation sites is 1. The van der Waals surface area contributed by atoms with Crippen molar-refractivity contribution in [3.63, 3.8) is 0 Å². The van der Waals surface area contributed by atoms with Crippen LogP contribution in [0.15, 0.2) is 30.5 Å². The molecule has 0 aliphatic carbocycles. The quantitative estimate of drug-likeness (QED) is 0.353. The molecule has 1 fully saturated rings. The molecule has 1 saturated heterocycles. The third-order valence-electron chi connectivity index (χ3n) is 5.75. The van der Waals surface area contributed by atoms with E-state index in [2.05, 4.69) is 20.9 Å². The van der Waals surface area contributed by atoms with Crippen molar-refractivity contribution in [2.45, 2.75) is 50.9 Å². The number of nitrogens with one attached hydrogen (secondary N) is 4. The Labute approximate surface area is 202 Å². The molecule has 0 bridgehead atoms. The van der Waals surface area contributed by atoms with E-state index in [0.29, 0.717) is 13.0 Å². The predicted octanol–water partition coefficient (Wildman–Crippen LogP) is 0.721. The van der Waals surface area contributed by atoms with Gasteiger partial charge >= 0.3 is 6.03 Å². The minimum absolute atomic E-state index is 0.0849. The monoisotopic (exact) mass is 488 g/mol. The van der Waals surface area contributed by atoms with Crippen LogP contribution in [0.2, 0.25) is 0 Å². The first-order chi connectivity index (χ1) is 16.2.